The van der Waals surface area contributed by atoms with Crippen molar-refractivity contribution in [3.05, 3.63) is 70.8 Å². The van der Waals surface area contributed by atoms with Crippen molar-refractivity contribution in [3.63, 3.8) is 0 Å². The quantitative estimate of drug-likeness (QED) is 0.323. The monoisotopic (exact) mass is 530 g/mol. The third-order valence-electron chi connectivity index (χ3n) is 6.11. The van der Waals surface area contributed by atoms with Gasteiger partial charge in [-0.25, -0.2) is 0 Å². The van der Waals surface area contributed by atoms with Gasteiger partial charge in [0.05, 0.1) is 14.7 Å². The van der Waals surface area contributed by atoms with Gasteiger partial charge < -0.3 is 4.90 Å². The zero-order valence-corrected chi connectivity index (χ0v) is 21.3. The molecule has 2 aliphatic carbocycles. The van der Waals surface area contributed by atoms with Gasteiger partial charge in [-0.15, -0.1) is 0 Å². The average molecular weight is 532 g/mol. The van der Waals surface area contributed by atoms with Gasteiger partial charge in [-0.2, -0.15) is 5.26 Å². The lowest BCUT2D eigenvalue weighted by Crippen LogP contribution is -2.23. The number of likely N-dealkylation sites (N-methyl/N-ethyl adjacent to an activating group) is 1. The molecule has 0 heterocycles. The molecule has 0 bridgehead atoms. The van der Waals surface area contributed by atoms with Crippen LogP contribution >= 0.6 is 31.9 Å². The van der Waals surface area contributed by atoms with Crippen LogP contribution in [0.1, 0.15) is 61.3 Å². The van der Waals surface area contributed by atoms with Crippen molar-refractivity contribution in [2.45, 2.75) is 60.5 Å². The highest BCUT2D eigenvalue weighted by molar-refractivity contribution is 9.10. The van der Waals surface area contributed by atoms with Gasteiger partial charge >= 0.3 is 0 Å². The number of hydrogen-bond donors (Lipinski definition) is 0. The maximum absolute atomic E-state index is 7.32. The zero-order chi connectivity index (χ0) is 21.6. The van der Waals surface area contributed by atoms with Gasteiger partial charge in [0.1, 0.15) is 0 Å². The topological polar surface area (TPSA) is 27.0 Å². The molecule has 0 radical (unpaired) electrons. The van der Waals surface area contributed by atoms with Crippen LogP contribution in [0.5, 0.6) is 0 Å². The van der Waals surface area contributed by atoms with E-state index < -0.39 is 0 Å². The first-order valence-corrected chi connectivity index (χ1v) is 12.5. The Kier molecular flexibility index (Phi) is 8.18. The normalized spacial score (nSPS) is 17.6. The van der Waals surface area contributed by atoms with E-state index in [0.717, 1.165) is 19.5 Å². The van der Waals surface area contributed by atoms with Crippen LogP contribution in [0.15, 0.2) is 48.5 Å². The van der Waals surface area contributed by atoms with Crippen LogP contribution in [-0.2, 0) is 21.5 Å². The van der Waals surface area contributed by atoms with Gasteiger partial charge in [0, 0.05) is 13.5 Å². The van der Waals surface area contributed by atoms with Gasteiger partial charge in [-0.3, -0.25) is 0 Å². The van der Waals surface area contributed by atoms with E-state index in [0.29, 0.717) is 0 Å². The van der Waals surface area contributed by atoms with Crippen molar-refractivity contribution in [1.29, 1.82) is 5.26 Å². The fourth-order valence-electron chi connectivity index (χ4n) is 4.06. The standard InChI is InChI=1S/C24H29Br2N.C2H3N/c1-27(18-12-19-7-3-2-4-8-19)17-6-9-20-21(23(25)13-14-23)10-5-11-22(20)24(26)15-16-24;1-2-3/h2-5,7-8,10-11H,6,9,12-18H2,1H3;1H3. The molecule has 2 nitrogen and oxygen atoms in total. The van der Waals surface area contributed by atoms with Crippen molar-refractivity contribution in [3.8, 4) is 6.07 Å². The molecule has 0 amide bonds. The predicted octanol–water partition coefficient (Wildman–Crippen LogP) is 7.09. The Morgan fingerprint density at radius 1 is 0.867 bits per heavy atom. The predicted molar refractivity (Wildman–Crippen MR) is 133 cm³/mol. The summed E-state index contributed by atoms with van der Waals surface area (Å²) in [5, 5.41) is 7.32. The molecule has 0 atom stereocenters. The molecular weight excluding hydrogens is 500 g/mol. The Labute approximate surface area is 198 Å². The minimum absolute atomic E-state index is 0.260. The number of alkyl halides is 2. The Balaban J connectivity index is 0.000000806. The zero-order valence-electron chi connectivity index (χ0n) is 18.1. The molecular formula is C26H32Br2N2. The van der Waals surface area contributed by atoms with E-state index in [1.54, 1.807) is 22.8 Å². The first kappa shape index (κ1) is 23.5. The maximum atomic E-state index is 7.32. The highest BCUT2D eigenvalue weighted by Crippen LogP contribution is 2.59. The summed E-state index contributed by atoms with van der Waals surface area (Å²) in [7, 11) is 2.26. The smallest absolute Gasteiger partial charge is 0.0587 e. The molecule has 2 saturated carbocycles. The van der Waals surface area contributed by atoms with Crippen LogP contribution in [0.25, 0.3) is 0 Å². The van der Waals surface area contributed by atoms with Gasteiger partial charge in [-0.05, 0) is 80.8 Å². The number of nitriles is 1. The van der Waals surface area contributed by atoms with E-state index >= 15 is 0 Å². The van der Waals surface area contributed by atoms with Crippen LogP contribution in [0.3, 0.4) is 0 Å². The Morgan fingerprint density at radius 2 is 1.40 bits per heavy atom. The molecule has 160 valence electrons. The van der Waals surface area contributed by atoms with Crippen LogP contribution in [0.4, 0.5) is 0 Å². The lowest BCUT2D eigenvalue weighted by molar-refractivity contribution is 0.333. The summed E-state index contributed by atoms with van der Waals surface area (Å²) in [5.41, 5.74) is 6.15. The van der Waals surface area contributed by atoms with Crippen molar-refractivity contribution in [1.82, 2.24) is 4.90 Å². The molecule has 4 heteroatoms. The fourth-order valence-corrected chi connectivity index (χ4v) is 5.20. The van der Waals surface area contributed by atoms with E-state index in [4.69, 9.17) is 5.26 Å². The minimum atomic E-state index is 0.260. The number of hydrogen-bond acceptors (Lipinski definition) is 2. The summed E-state index contributed by atoms with van der Waals surface area (Å²) in [4.78, 5) is 2.48. The van der Waals surface area contributed by atoms with Gasteiger partial charge in [0.25, 0.3) is 0 Å². The second kappa shape index (κ2) is 10.4. The molecule has 2 aromatic carbocycles. The molecule has 0 N–H and O–H groups in total. The molecule has 4 rings (SSSR count). The minimum Gasteiger partial charge on any atom is -0.306 e. The SMILES string of the molecule is CC#N.CN(CCCc1c(C2(Br)CC2)cccc1C1(Br)CC1)CCc1ccccc1. The highest BCUT2D eigenvalue weighted by atomic mass is 79.9. The van der Waals surface area contributed by atoms with Crippen LogP contribution in [-0.4, -0.2) is 25.0 Å². The Morgan fingerprint density at radius 3 is 1.90 bits per heavy atom. The van der Waals surface area contributed by atoms with E-state index in [-0.39, 0.29) is 8.65 Å². The molecule has 0 aliphatic heterocycles. The van der Waals surface area contributed by atoms with Gasteiger partial charge in [-0.1, -0.05) is 80.4 Å². The molecule has 2 fully saturated rings. The average Bonchev–Trinajstić information content (AvgIpc) is 3.67. The van der Waals surface area contributed by atoms with Crippen molar-refractivity contribution < 1.29 is 0 Å². The summed E-state index contributed by atoms with van der Waals surface area (Å²) in [6.07, 6.45) is 8.63. The first-order chi connectivity index (χ1) is 14.4. The third-order valence-corrected chi connectivity index (χ3v) is 8.55. The molecule has 0 saturated heterocycles. The summed E-state index contributed by atoms with van der Waals surface area (Å²) < 4.78 is 0.519. The number of rotatable bonds is 9. The highest BCUT2D eigenvalue weighted by Gasteiger charge is 2.47. The van der Waals surface area contributed by atoms with Crippen molar-refractivity contribution in [2.75, 3.05) is 20.1 Å². The van der Waals surface area contributed by atoms with Crippen molar-refractivity contribution in [2.24, 2.45) is 0 Å². The molecule has 0 spiro atoms. The summed E-state index contributed by atoms with van der Waals surface area (Å²) in [6.45, 7) is 3.72. The van der Waals surface area contributed by atoms with Gasteiger partial charge in [0.15, 0.2) is 0 Å². The first-order valence-electron chi connectivity index (χ1n) is 11.0. The Bertz CT molecular complexity index is 828. The number of nitrogens with zero attached hydrogens (tertiary/aromatic N) is 2. The van der Waals surface area contributed by atoms with E-state index in [2.05, 4.69) is 92.3 Å². The summed E-state index contributed by atoms with van der Waals surface area (Å²) >= 11 is 8.03. The van der Waals surface area contributed by atoms with Crippen LogP contribution in [0.2, 0.25) is 0 Å². The lowest BCUT2D eigenvalue weighted by atomic mass is 9.91. The molecule has 30 heavy (non-hydrogen) atoms. The molecule has 2 aromatic rings. The summed E-state index contributed by atoms with van der Waals surface area (Å²) in [6, 6.07) is 19.6. The molecule has 0 unspecified atom stereocenters. The van der Waals surface area contributed by atoms with Gasteiger partial charge in [0.2, 0.25) is 0 Å². The van der Waals surface area contributed by atoms with Crippen LogP contribution < -0.4 is 0 Å². The lowest BCUT2D eigenvalue weighted by Gasteiger charge is -2.22. The number of benzene rings is 2. The van der Waals surface area contributed by atoms with Crippen LogP contribution in [0, 0.1) is 11.3 Å². The molecule has 0 aromatic heterocycles. The Hall–Kier alpha value is -1.15. The summed E-state index contributed by atoms with van der Waals surface area (Å²) in [5.74, 6) is 0. The number of halogens is 2. The fraction of sp³-hybridized carbons (Fsp3) is 0.500. The van der Waals surface area contributed by atoms with Crippen molar-refractivity contribution >= 4 is 31.9 Å². The largest absolute Gasteiger partial charge is 0.306 e. The van der Waals surface area contributed by atoms with E-state index in [1.165, 1.54) is 51.0 Å². The maximum Gasteiger partial charge on any atom is 0.0587 e. The second-order valence-corrected chi connectivity index (χ2v) is 11.7. The molecule has 2 aliphatic rings. The third kappa shape index (κ3) is 6.19. The second-order valence-electron chi connectivity index (χ2n) is 8.63. The van der Waals surface area contributed by atoms with E-state index in [9.17, 15) is 0 Å². The van der Waals surface area contributed by atoms with E-state index in [1.807, 2.05) is 0 Å².